The molecule has 0 fully saturated rings. The maximum Gasteiger partial charge on any atom is 0.174 e. The highest BCUT2D eigenvalue weighted by atomic mass is 16.3. The summed E-state index contributed by atoms with van der Waals surface area (Å²) in [5.74, 6) is 0.0601. The van der Waals surface area contributed by atoms with E-state index in [4.69, 9.17) is 4.42 Å². The third kappa shape index (κ3) is 3.00. The van der Waals surface area contributed by atoms with E-state index in [2.05, 4.69) is 0 Å². The molecule has 0 unspecified atom stereocenters. The number of Topliss-reactive ketones (excluding diaryl/α,β-unsaturated/α-hetero) is 1. The van der Waals surface area contributed by atoms with Crippen LogP contribution in [-0.4, -0.2) is 16.0 Å². The first kappa shape index (κ1) is 16.1. The molecule has 0 amide bonds. The number of hydrogen-bond donors (Lipinski definition) is 2. The molecule has 24 heavy (non-hydrogen) atoms. The summed E-state index contributed by atoms with van der Waals surface area (Å²) in [6.07, 6.45) is 0.0522. The Morgan fingerprint density at radius 3 is 2.42 bits per heavy atom. The standard InChI is InChI=1S/C20H20O4/c1-20(2,3)15-10-14(17(22)11-18(15)23)16(21)9-13-8-12-6-4-5-7-19(12)24-13/h4-8,10-11,22-23H,9H2,1-3H3. The van der Waals surface area contributed by atoms with Crippen LogP contribution in [0.5, 0.6) is 11.5 Å². The van der Waals surface area contributed by atoms with Crippen LogP contribution in [0.3, 0.4) is 0 Å². The molecule has 0 atom stereocenters. The van der Waals surface area contributed by atoms with Gasteiger partial charge in [0.05, 0.1) is 12.0 Å². The zero-order valence-electron chi connectivity index (χ0n) is 14.0. The molecule has 0 spiro atoms. The summed E-state index contributed by atoms with van der Waals surface area (Å²) in [5, 5.41) is 21.0. The lowest BCUT2D eigenvalue weighted by Crippen LogP contribution is -2.13. The molecular weight excluding hydrogens is 304 g/mol. The van der Waals surface area contributed by atoms with Gasteiger partial charge in [0.25, 0.3) is 0 Å². The molecule has 0 radical (unpaired) electrons. The number of aromatic hydroxyl groups is 2. The van der Waals surface area contributed by atoms with Crippen LogP contribution in [-0.2, 0) is 11.8 Å². The van der Waals surface area contributed by atoms with E-state index < -0.39 is 0 Å². The molecule has 1 aromatic heterocycles. The second-order valence-electron chi connectivity index (χ2n) is 6.99. The minimum absolute atomic E-state index is 0.0136. The summed E-state index contributed by atoms with van der Waals surface area (Å²) in [6.45, 7) is 5.81. The van der Waals surface area contributed by atoms with Crippen molar-refractivity contribution in [1.82, 2.24) is 0 Å². The number of ketones is 1. The predicted molar refractivity (Wildman–Crippen MR) is 92.7 cm³/mol. The Morgan fingerprint density at radius 1 is 1.04 bits per heavy atom. The van der Waals surface area contributed by atoms with E-state index >= 15 is 0 Å². The van der Waals surface area contributed by atoms with Gasteiger partial charge in [0.2, 0.25) is 0 Å². The van der Waals surface area contributed by atoms with Crippen molar-refractivity contribution in [2.24, 2.45) is 0 Å². The molecule has 2 aromatic carbocycles. The fourth-order valence-corrected chi connectivity index (χ4v) is 2.78. The maximum atomic E-state index is 12.6. The lowest BCUT2D eigenvalue weighted by Gasteiger charge is -2.21. The van der Waals surface area contributed by atoms with Crippen molar-refractivity contribution in [2.45, 2.75) is 32.6 Å². The number of carbonyl (C=O) groups excluding carboxylic acids is 1. The fourth-order valence-electron chi connectivity index (χ4n) is 2.78. The van der Waals surface area contributed by atoms with Gasteiger partial charge in [-0.05, 0) is 23.6 Å². The van der Waals surface area contributed by atoms with Gasteiger partial charge in [-0.2, -0.15) is 0 Å². The Hall–Kier alpha value is -2.75. The van der Waals surface area contributed by atoms with E-state index in [1.165, 1.54) is 6.07 Å². The number of phenols is 2. The highest BCUT2D eigenvalue weighted by Gasteiger charge is 2.23. The van der Waals surface area contributed by atoms with Gasteiger partial charge >= 0.3 is 0 Å². The topological polar surface area (TPSA) is 70.7 Å². The van der Waals surface area contributed by atoms with Gasteiger partial charge in [-0.15, -0.1) is 0 Å². The third-order valence-corrected chi connectivity index (χ3v) is 4.03. The van der Waals surface area contributed by atoms with E-state index in [1.54, 1.807) is 6.07 Å². The van der Waals surface area contributed by atoms with Crippen molar-refractivity contribution in [3.63, 3.8) is 0 Å². The van der Waals surface area contributed by atoms with Gasteiger partial charge in [0, 0.05) is 17.0 Å². The normalized spacial score (nSPS) is 11.8. The molecule has 1 heterocycles. The van der Waals surface area contributed by atoms with Gasteiger partial charge in [0.15, 0.2) is 5.78 Å². The monoisotopic (exact) mass is 324 g/mol. The number of carbonyl (C=O) groups is 1. The van der Waals surface area contributed by atoms with Crippen LogP contribution in [0.15, 0.2) is 46.9 Å². The Kier molecular flexibility index (Phi) is 3.84. The average Bonchev–Trinajstić information content (AvgIpc) is 2.87. The lowest BCUT2D eigenvalue weighted by atomic mass is 9.84. The molecule has 3 aromatic rings. The molecule has 0 bridgehead atoms. The molecule has 2 N–H and O–H groups in total. The number of phenolic OH excluding ortho intramolecular Hbond substituents is 2. The lowest BCUT2D eigenvalue weighted by molar-refractivity contribution is 0.0985. The van der Waals surface area contributed by atoms with Crippen LogP contribution in [0, 0.1) is 0 Å². The van der Waals surface area contributed by atoms with Crippen LogP contribution in [0.2, 0.25) is 0 Å². The molecule has 0 aliphatic carbocycles. The summed E-state index contributed by atoms with van der Waals surface area (Å²) in [5.41, 5.74) is 1.20. The number of para-hydroxylation sites is 1. The van der Waals surface area contributed by atoms with Crippen LogP contribution < -0.4 is 0 Å². The smallest absolute Gasteiger partial charge is 0.174 e. The highest BCUT2D eigenvalue weighted by molar-refractivity contribution is 6.00. The van der Waals surface area contributed by atoms with Gasteiger partial charge < -0.3 is 14.6 Å². The number of fused-ring (bicyclic) bond motifs is 1. The van der Waals surface area contributed by atoms with Gasteiger partial charge in [0.1, 0.15) is 22.8 Å². The molecule has 4 heteroatoms. The van der Waals surface area contributed by atoms with Crippen molar-refractivity contribution in [3.8, 4) is 11.5 Å². The van der Waals surface area contributed by atoms with Gasteiger partial charge in [-0.3, -0.25) is 4.79 Å². The molecule has 0 saturated heterocycles. The van der Waals surface area contributed by atoms with Crippen molar-refractivity contribution >= 4 is 16.8 Å². The van der Waals surface area contributed by atoms with E-state index in [9.17, 15) is 15.0 Å². The third-order valence-electron chi connectivity index (χ3n) is 4.03. The van der Waals surface area contributed by atoms with Crippen molar-refractivity contribution < 1.29 is 19.4 Å². The minimum Gasteiger partial charge on any atom is -0.508 e. The Balaban J connectivity index is 1.94. The Bertz CT molecular complexity index is 880. The molecule has 3 rings (SSSR count). The quantitative estimate of drug-likeness (QED) is 0.693. The van der Waals surface area contributed by atoms with Crippen molar-refractivity contribution in [1.29, 1.82) is 0 Å². The first-order valence-corrected chi connectivity index (χ1v) is 7.83. The van der Waals surface area contributed by atoms with Crippen LogP contribution >= 0.6 is 0 Å². The summed E-state index contributed by atoms with van der Waals surface area (Å²) in [4.78, 5) is 12.6. The molecule has 124 valence electrons. The zero-order valence-corrected chi connectivity index (χ0v) is 14.0. The molecule has 0 saturated carbocycles. The summed E-state index contributed by atoms with van der Waals surface area (Å²) in [7, 11) is 0. The number of furan rings is 1. The average molecular weight is 324 g/mol. The maximum absolute atomic E-state index is 12.6. The SMILES string of the molecule is CC(C)(C)c1cc(C(=O)Cc2cc3ccccc3o2)c(O)cc1O. The molecule has 4 nitrogen and oxygen atoms in total. The Morgan fingerprint density at radius 2 is 1.75 bits per heavy atom. The summed E-state index contributed by atoms with van der Waals surface area (Å²) < 4.78 is 5.67. The Labute approximate surface area is 140 Å². The summed E-state index contributed by atoms with van der Waals surface area (Å²) >= 11 is 0. The minimum atomic E-state index is -0.341. The first-order valence-electron chi connectivity index (χ1n) is 7.83. The van der Waals surface area contributed by atoms with E-state index in [-0.39, 0.29) is 34.7 Å². The zero-order chi connectivity index (χ0) is 17.5. The summed E-state index contributed by atoms with van der Waals surface area (Å²) in [6, 6.07) is 12.2. The van der Waals surface area contributed by atoms with Crippen LogP contribution in [0.1, 0.15) is 42.5 Å². The largest absolute Gasteiger partial charge is 0.508 e. The van der Waals surface area contributed by atoms with Crippen LogP contribution in [0.25, 0.3) is 11.0 Å². The number of hydrogen-bond acceptors (Lipinski definition) is 4. The number of benzene rings is 2. The second-order valence-corrected chi connectivity index (χ2v) is 6.99. The van der Waals surface area contributed by atoms with Gasteiger partial charge in [-0.1, -0.05) is 39.0 Å². The van der Waals surface area contributed by atoms with Crippen LogP contribution in [0.4, 0.5) is 0 Å². The fraction of sp³-hybridized carbons (Fsp3) is 0.250. The predicted octanol–water partition coefficient (Wildman–Crippen LogP) is 4.57. The molecule has 0 aliphatic rings. The van der Waals surface area contributed by atoms with E-state index in [1.807, 2.05) is 51.1 Å². The van der Waals surface area contributed by atoms with Crippen molar-refractivity contribution in [2.75, 3.05) is 0 Å². The van der Waals surface area contributed by atoms with E-state index in [0.717, 1.165) is 11.0 Å². The molecule has 0 aliphatic heterocycles. The van der Waals surface area contributed by atoms with Gasteiger partial charge in [-0.25, -0.2) is 0 Å². The first-order chi connectivity index (χ1) is 11.3. The number of rotatable bonds is 3. The highest BCUT2D eigenvalue weighted by Crippen LogP contribution is 2.36. The van der Waals surface area contributed by atoms with E-state index in [0.29, 0.717) is 11.3 Å². The van der Waals surface area contributed by atoms with Crippen molar-refractivity contribution in [3.05, 3.63) is 59.4 Å². The molecular formula is C20H20O4. The second kappa shape index (κ2) is 5.71.